The highest BCUT2D eigenvalue weighted by molar-refractivity contribution is 4.95. The van der Waals surface area contributed by atoms with E-state index in [4.69, 9.17) is 9.47 Å². The molecule has 0 spiro atoms. The first-order valence-corrected chi connectivity index (χ1v) is 56.2. The molecular formula is C122H284O3. The molecule has 3 aliphatic rings. The smallest absolute Gasteiger partial charge is 0.0596 e. The Labute approximate surface area is 813 Å². The summed E-state index contributed by atoms with van der Waals surface area (Å²) in [5, 5.41) is 9.39. The van der Waals surface area contributed by atoms with Crippen LogP contribution in [0.2, 0.25) is 0 Å². The molecule has 0 amide bonds. The molecule has 1 heterocycles. The molecule has 2 aliphatic carbocycles. The lowest BCUT2D eigenvalue weighted by atomic mass is 9.65. The van der Waals surface area contributed by atoms with Crippen LogP contribution in [0, 0.1) is 141 Å². The molecule has 0 radical (unpaired) electrons. The Kier molecular flexibility index (Phi) is 191. The van der Waals surface area contributed by atoms with Crippen LogP contribution in [0.1, 0.15) is 631 Å². The molecule has 1 saturated heterocycles. The van der Waals surface area contributed by atoms with Crippen molar-refractivity contribution in [3.8, 4) is 0 Å². The van der Waals surface area contributed by atoms with Gasteiger partial charge in [-0.05, 0) is 206 Å². The third kappa shape index (κ3) is 184. The van der Waals surface area contributed by atoms with Crippen LogP contribution in [0.3, 0.4) is 0 Å². The average molecular weight is 1800 g/mol. The van der Waals surface area contributed by atoms with E-state index in [9.17, 15) is 5.11 Å². The Morgan fingerprint density at radius 1 is 0.288 bits per heavy atom. The first kappa shape index (κ1) is 174. The Morgan fingerprint density at radius 2 is 0.504 bits per heavy atom. The summed E-state index contributed by atoms with van der Waals surface area (Å²) in [6.07, 6.45) is 33.6. The van der Waals surface area contributed by atoms with Crippen molar-refractivity contribution in [2.45, 2.75) is 643 Å². The Hall–Kier alpha value is -0.120. The van der Waals surface area contributed by atoms with Gasteiger partial charge in [0.15, 0.2) is 0 Å². The molecule has 3 fully saturated rings. The highest BCUT2D eigenvalue weighted by Crippen LogP contribution is 2.56. The second-order valence-electron chi connectivity index (χ2n) is 44.7. The van der Waals surface area contributed by atoms with Gasteiger partial charge >= 0.3 is 0 Å². The lowest BCUT2D eigenvalue weighted by molar-refractivity contribution is -0.148. The summed E-state index contributed by atoms with van der Waals surface area (Å²) in [5.74, 6) is 17.6. The summed E-state index contributed by atoms with van der Waals surface area (Å²) in [6.45, 7) is 151. The number of aliphatic hydroxyl groups is 1. The zero-order chi connectivity index (χ0) is 105. The van der Waals surface area contributed by atoms with E-state index in [-0.39, 0.29) is 6.10 Å². The van der Waals surface area contributed by atoms with E-state index >= 15 is 0 Å². The molecule has 3 heteroatoms. The predicted molar refractivity (Wildman–Crippen MR) is 608 cm³/mol. The largest absolute Gasteiger partial charge is 0.393 e. The molecule has 3 nitrogen and oxygen atoms in total. The van der Waals surface area contributed by atoms with Crippen LogP contribution in [0.4, 0.5) is 0 Å². The monoisotopic (exact) mass is 1800 g/mol. The highest BCUT2D eigenvalue weighted by Gasteiger charge is 2.45. The van der Waals surface area contributed by atoms with Gasteiger partial charge in [0.1, 0.15) is 0 Å². The Balaban J connectivity index is -0.0000000524. The van der Waals surface area contributed by atoms with Gasteiger partial charge in [0.2, 0.25) is 0 Å². The molecule has 1 aliphatic heterocycles. The van der Waals surface area contributed by atoms with Crippen molar-refractivity contribution in [2.75, 3.05) is 20.3 Å². The lowest BCUT2D eigenvalue weighted by Crippen LogP contribution is -2.47. The Morgan fingerprint density at radius 3 is 0.584 bits per heavy atom. The molecular weight excluding hydrogens is 1510 g/mol. The third-order valence-electron chi connectivity index (χ3n) is 19.5. The SMILES string of the molecule is CC(C)C(C)C(C)C(C)C.CC(C)C1CC(C(C)C)C1.CC(C)CC(C)(C)C(C)C.CC(C)CC(C)C(C)C.CC(C)CC(O)CC(C)C.CC(C)CC1(C(C)C)CC1.CC(C)CC1(C(C)C)COC1.CCC.CCC.CCC.CCC.CCC.CCC.CCC.CCC.CCC.CCC.CCC.CCC.CCC.CCC.CCC.COC(CC(C)C)C(C)C. The summed E-state index contributed by atoms with van der Waals surface area (Å²) in [4.78, 5) is 0. The number of hydrogen-bond acceptors (Lipinski definition) is 3. The van der Waals surface area contributed by atoms with Crippen LogP contribution in [0.25, 0.3) is 0 Å². The van der Waals surface area contributed by atoms with E-state index in [0.717, 1.165) is 138 Å². The van der Waals surface area contributed by atoms with Gasteiger partial charge in [0.25, 0.3) is 0 Å². The van der Waals surface area contributed by atoms with E-state index in [1.165, 1.54) is 154 Å². The van der Waals surface area contributed by atoms with Crippen molar-refractivity contribution in [1.29, 1.82) is 0 Å². The second-order valence-corrected chi connectivity index (χ2v) is 44.7. The summed E-state index contributed by atoms with van der Waals surface area (Å²) >= 11 is 0. The normalized spacial score (nSPS) is 14.3. The maximum absolute atomic E-state index is 9.39. The molecule has 125 heavy (non-hydrogen) atoms. The topological polar surface area (TPSA) is 38.7 Å². The summed E-state index contributed by atoms with van der Waals surface area (Å²) in [7, 11) is 1.80. The molecule has 0 aromatic rings. The van der Waals surface area contributed by atoms with Gasteiger partial charge in [0, 0.05) is 12.5 Å². The molecule has 0 aromatic carbocycles. The number of rotatable bonds is 25. The van der Waals surface area contributed by atoms with E-state index in [0.29, 0.717) is 34.7 Å². The number of aliphatic hydroxyl groups excluding tert-OH is 1. The third-order valence-corrected chi connectivity index (χ3v) is 19.5. The van der Waals surface area contributed by atoms with E-state index < -0.39 is 0 Å². The standard InChI is InChI=1S/C10H20O.2C10H20.2C10H22.2C9H20O.C9H20.15C3H8/c1-8(2)5-10(9(3)4)6-11-7-10;1-7(2)9-5-10(6-9)8(3)4;1-8(2)7-10(5-6-10)9(3)4;1-8(2)7-10(5,6)9(3)4;1-7(2)9(5)10(6)8(3)4;1-7(2)6-9(10-5)8(3)4;1-7(2)5-9(10)6-8(3)4;1-7(2)6-9(5)8(3)4;15*1-3-2/h8-9H,5-7H2,1-4H3;7-10H,5-6H2,1-4H3;8-9H,5-7H2,1-4H3;8-9H,7H2,1-6H3;7-10H,1-6H3;7-9H,6H2,1-5H3;7-10H,5-6H2,1-4H3;7-9H,6H2,1-5H3;15*3H2,1-2H3. The minimum Gasteiger partial charge on any atom is -0.393 e. The molecule has 4 unspecified atom stereocenters. The van der Waals surface area contributed by atoms with Crippen molar-refractivity contribution >= 4 is 0 Å². The van der Waals surface area contributed by atoms with Crippen molar-refractivity contribution in [3.05, 3.63) is 0 Å². The van der Waals surface area contributed by atoms with Crippen molar-refractivity contribution in [2.24, 2.45) is 141 Å². The average Bonchev–Trinajstić information content (AvgIpc) is 1.69. The van der Waals surface area contributed by atoms with Gasteiger partial charge in [-0.2, -0.15) is 0 Å². The van der Waals surface area contributed by atoms with Gasteiger partial charge in [-0.1, -0.05) is 560 Å². The molecule has 3 rings (SSSR count). The number of methoxy groups -OCH3 is 1. The van der Waals surface area contributed by atoms with E-state index in [1.54, 1.807) is 7.11 Å². The highest BCUT2D eigenvalue weighted by atomic mass is 16.5. The zero-order valence-corrected chi connectivity index (χ0v) is 104. The maximum atomic E-state index is 9.39. The molecule has 2 saturated carbocycles. The first-order chi connectivity index (χ1) is 57.4. The summed E-state index contributed by atoms with van der Waals surface area (Å²) in [6, 6.07) is 0. The molecule has 1 N–H and O–H groups in total. The van der Waals surface area contributed by atoms with Crippen LogP contribution < -0.4 is 0 Å². The van der Waals surface area contributed by atoms with Gasteiger partial charge in [-0.15, -0.1) is 0 Å². The van der Waals surface area contributed by atoms with Gasteiger partial charge in [-0.25, -0.2) is 0 Å². The number of hydrogen-bond donors (Lipinski definition) is 1. The quantitative estimate of drug-likeness (QED) is 0.0990. The fraction of sp³-hybridized carbons (Fsp3) is 1.00. The van der Waals surface area contributed by atoms with Crippen LogP contribution in [0.15, 0.2) is 0 Å². The second kappa shape index (κ2) is 137. The van der Waals surface area contributed by atoms with Gasteiger partial charge in [0.05, 0.1) is 25.4 Å². The van der Waals surface area contributed by atoms with Crippen LogP contribution >= 0.6 is 0 Å². The van der Waals surface area contributed by atoms with E-state index in [1.807, 2.05) is 0 Å². The lowest BCUT2D eigenvalue weighted by Gasteiger charge is -2.46. The minimum atomic E-state index is -0.0833. The summed E-state index contributed by atoms with van der Waals surface area (Å²) in [5.41, 5.74) is 1.82. The van der Waals surface area contributed by atoms with Crippen LogP contribution in [0.5, 0.6) is 0 Å². The predicted octanol–water partition coefficient (Wildman–Crippen LogP) is 46.5. The van der Waals surface area contributed by atoms with Crippen molar-refractivity contribution in [1.82, 2.24) is 0 Å². The van der Waals surface area contributed by atoms with Crippen molar-refractivity contribution < 1.29 is 14.6 Å². The fourth-order valence-corrected chi connectivity index (χ4v) is 11.5. The van der Waals surface area contributed by atoms with Gasteiger partial charge in [-0.3, -0.25) is 0 Å². The summed E-state index contributed by atoms with van der Waals surface area (Å²) < 4.78 is 10.6. The van der Waals surface area contributed by atoms with Crippen LogP contribution in [-0.4, -0.2) is 37.6 Å². The molecule has 4 atom stereocenters. The Bertz CT molecular complexity index is 1460. The first-order valence-electron chi connectivity index (χ1n) is 56.2. The molecule has 0 bridgehead atoms. The van der Waals surface area contributed by atoms with Crippen LogP contribution in [-0.2, 0) is 9.47 Å². The van der Waals surface area contributed by atoms with Crippen molar-refractivity contribution in [3.63, 3.8) is 0 Å². The fourth-order valence-electron chi connectivity index (χ4n) is 11.5. The van der Waals surface area contributed by atoms with Gasteiger partial charge < -0.3 is 14.6 Å². The van der Waals surface area contributed by atoms with E-state index in [2.05, 4.69) is 464 Å². The molecule has 790 valence electrons. The minimum absolute atomic E-state index is 0.0833. The number of ether oxygens (including phenoxy) is 2. The maximum Gasteiger partial charge on any atom is 0.0596 e. The molecule has 0 aromatic heterocycles. The zero-order valence-electron chi connectivity index (χ0n) is 104.